The largest absolute Gasteiger partial charge is 0.373 e. The summed E-state index contributed by atoms with van der Waals surface area (Å²) >= 11 is 0. The molecule has 5 heteroatoms. The van der Waals surface area contributed by atoms with Crippen molar-refractivity contribution in [2.75, 3.05) is 19.8 Å². The van der Waals surface area contributed by atoms with Crippen molar-refractivity contribution in [2.45, 2.75) is 51.7 Å². The van der Waals surface area contributed by atoms with Gasteiger partial charge in [-0.3, -0.25) is 14.5 Å². The lowest BCUT2D eigenvalue weighted by Gasteiger charge is -2.28. The number of imide groups is 1. The quantitative estimate of drug-likeness (QED) is 0.323. The first-order valence-corrected chi connectivity index (χ1v) is 9.45. The molecule has 2 amide bonds. The van der Waals surface area contributed by atoms with E-state index in [2.05, 4.69) is 20.4 Å². The van der Waals surface area contributed by atoms with Crippen LogP contribution in [-0.2, 0) is 9.47 Å². The maximum Gasteiger partial charge on any atom is 0.261 e. The van der Waals surface area contributed by atoms with E-state index in [0.29, 0.717) is 24.3 Å². The van der Waals surface area contributed by atoms with Crippen LogP contribution in [0.3, 0.4) is 0 Å². The van der Waals surface area contributed by atoms with Gasteiger partial charge in [-0.05, 0) is 25.0 Å². The Kier molecular flexibility index (Phi) is 8.01. The van der Waals surface area contributed by atoms with Gasteiger partial charge in [0.05, 0.1) is 17.7 Å². The van der Waals surface area contributed by atoms with E-state index in [1.165, 1.54) is 4.90 Å². The van der Waals surface area contributed by atoms with Crippen molar-refractivity contribution in [1.82, 2.24) is 4.90 Å². The fourth-order valence-corrected chi connectivity index (χ4v) is 2.91. The molecule has 1 aromatic carbocycles. The topological polar surface area (TPSA) is 55.8 Å². The van der Waals surface area contributed by atoms with Crippen LogP contribution < -0.4 is 0 Å². The number of carbonyl (C=O) groups excluding carboxylic acids is 2. The lowest BCUT2D eigenvalue weighted by atomic mass is 10.1. The summed E-state index contributed by atoms with van der Waals surface area (Å²) in [6.45, 7) is 9.36. The van der Waals surface area contributed by atoms with Crippen molar-refractivity contribution in [1.29, 1.82) is 0 Å². The molecule has 1 aromatic rings. The van der Waals surface area contributed by atoms with E-state index in [-0.39, 0.29) is 24.5 Å². The van der Waals surface area contributed by atoms with E-state index < -0.39 is 6.10 Å². The minimum atomic E-state index is -0.418. The van der Waals surface area contributed by atoms with Crippen LogP contribution in [0, 0.1) is 0 Å². The normalized spacial score (nSPS) is 15.8. The zero-order valence-corrected chi connectivity index (χ0v) is 15.8. The third-order valence-corrected chi connectivity index (χ3v) is 4.48. The highest BCUT2D eigenvalue weighted by Gasteiger charge is 2.38. The Labute approximate surface area is 156 Å². The van der Waals surface area contributed by atoms with Gasteiger partial charge >= 0.3 is 0 Å². The number of amides is 2. The summed E-state index contributed by atoms with van der Waals surface area (Å²) in [5.41, 5.74) is 0.902. The summed E-state index contributed by atoms with van der Waals surface area (Å²) in [6, 6.07) is 6.91. The molecule has 2 atom stereocenters. The first kappa shape index (κ1) is 20.3. The minimum Gasteiger partial charge on any atom is -0.373 e. The van der Waals surface area contributed by atoms with E-state index in [4.69, 9.17) is 9.47 Å². The average molecular weight is 359 g/mol. The second-order valence-corrected chi connectivity index (χ2v) is 6.45. The van der Waals surface area contributed by atoms with Crippen LogP contribution >= 0.6 is 0 Å². The molecule has 0 bridgehead atoms. The van der Waals surface area contributed by atoms with Crippen LogP contribution in [0.25, 0.3) is 0 Å². The molecule has 142 valence electrons. The van der Waals surface area contributed by atoms with E-state index in [9.17, 15) is 9.59 Å². The summed E-state index contributed by atoms with van der Waals surface area (Å²) < 4.78 is 11.9. The van der Waals surface area contributed by atoms with Gasteiger partial charge in [-0.25, -0.2) is 0 Å². The Bertz CT molecular complexity index is 593. The molecule has 1 aliphatic rings. The number of unbranched alkanes of at least 4 members (excludes halogenated alkanes) is 2. The van der Waals surface area contributed by atoms with E-state index in [1.54, 1.807) is 30.3 Å². The molecule has 0 saturated carbocycles. The van der Waals surface area contributed by atoms with Gasteiger partial charge in [0.1, 0.15) is 12.2 Å². The van der Waals surface area contributed by atoms with Gasteiger partial charge in [-0.2, -0.15) is 0 Å². The lowest BCUT2D eigenvalue weighted by molar-refractivity contribution is -0.0599. The predicted molar refractivity (Wildman–Crippen MR) is 101 cm³/mol. The number of benzene rings is 1. The number of hydrogen-bond acceptors (Lipinski definition) is 4. The van der Waals surface area contributed by atoms with Gasteiger partial charge in [0, 0.05) is 13.2 Å². The Morgan fingerprint density at radius 3 is 2.04 bits per heavy atom. The van der Waals surface area contributed by atoms with Crippen molar-refractivity contribution in [3.8, 4) is 0 Å². The molecule has 0 unspecified atom stereocenters. The third kappa shape index (κ3) is 4.80. The molecule has 1 aliphatic heterocycles. The first-order valence-electron chi connectivity index (χ1n) is 9.45. The van der Waals surface area contributed by atoms with Gasteiger partial charge in [-0.1, -0.05) is 44.9 Å². The van der Waals surface area contributed by atoms with Gasteiger partial charge in [0.15, 0.2) is 0 Å². The molecule has 0 N–H and O–H groups in total. The first-order chi connectivity index (χ1) is 12.6. The van der Waals surface area contributed by atoms with E-state index in [0.717, 1.165) is 25.7 Å². The molecule has 1 heterocycles. The Hall–Kier alpha value is -1.98. The van der Waals surface area contributed by atoms with Crippen LogP contribution in [0.4, 0.5) is 0 Å². The maximum atomic E-state index is 12.6. The van der Waals surface area contributed by atoms with Crippen LogP contribution in [0.5, 0.6) is 0 Å². The average Bonchev–Trinajstić information content (AvgIpc) is 2.90. The fraction of sp³-hybridized carbons (Fsp3) is 0.524. The molecule has 0 aromatic heterocycles. The summed E-state index contributed by atoms with van der Waals surface area (Å²) in [6.07, 6.45) is 4.82. The van der Waals surface area contributed by atoms with Crippen LogP contribution in [-0.4, -0.2) is 48.7 Å². The molecular formula is C21H29NO4. The van der Waals surface area contributed by atoms with E-state index in [1.807, 2.05) is 0 Å². The van der Waals surface area contributed by atoms with Crippen LogP contribution in [0.1, 0.15) is 60.2 Å². The van der Waals surface area contributed by atoms with Gasteiger partial charge in [0.2, 0.25) is 0 Å². The third-order valence-electron chi connectivity index (χ3n) is 4.48. The highest BCUT2D eigenvalue weighted by atomic mass is 16.5. The summed E-state index contributed by atoms with van der Waals surface area (Å²) in [4.78, 5) is 26.5. The van der Waals surface area contributed by atoms with Gasteiger partial charge in [-0.15, -0.1) is 6.58 Å². The minimum absolute atomic E-state index is 0.166. The molecule has 2 rings (SSSR count). The molecule has 0 spiro atoms. The second kappa shape index (κ2) is 10.2. The molecule has 0 radical (unpaired) electrons. The van der Waals surface area contributed by atoms with Crippen LogP contribution in [0.15, 0.2) is 36.9 Å². The van der Waals surface area contributed by atoms with Crippen molar-refractivity contribution in [3.05, 3.63) is 48.0 Å². The zero-order valence-electron chi connectivity index (χ0n) is 15.8. The molecule has 26 heavy (non-hydrogen) atoms. The maximum absolute atomic E-state index is 12.6. The Morgan fingerprint density at radius 2 is 1.54 bits per heavy atom. The standard InChI is InChI=1S/C21H29NO4/c1-4-7-13-25-18(6-3)19(26-14-8-5-2)15-22-20(23)16-11-9-10-12-17(16)21(22)24/h6,9-12,18-19H,3-5,7-8,13-15H2,1-2H3/t18-,19+/m1/s1. The van der Waals surface area contributed by atoms with Gasteiger partial charge in [0.25, 0.3) is 11.8 Å². The molecule has 0 saturated heterocycles. The lowest BCUT2D eigenvalue weighted by Crippen LogP contribution is -2.44. The summed E-state index contributed by atoms with van der Waals surface area (Å²) in [5, 5.41) is 0. The predicted octanol–water partition coefficient (Wildman–Crippen LogP) is 3.84. The van der Waals surface area contributed by atoms with Crippen molar-refractivity contribution >= 4 is 11.8 Å². The monoisotopic (exact) mass is 359 g/mol. The zero-order chi connectivity index (χ0) is 18.9. The van der Waals surface area contributed by atoms with Crippen molar-refractivity contribution in [2.24, 2.45) is 0 Å². The van der Waals surface area contributed by atoms with Gasteiger partial charge < -0.3 is 9.47 Å². The van der Waals surface area contributed by atoms with Crippen molar-refractivity contribution < 1.29 is 19.1 Å². The number of nitrogens with zero attached hydrogens (tertiary/aromatic N) is 1. The Balaban J connectivity index is 2.11. The van der Waals surface area contributed by atoms with Crippen LogP contribution in [0.2, 0.25) is 0 Å². The summed E-state index contributed by atoms with van der Waals surface area (Å²) in [7, 11) is 0. The van der Waals surface area contributed by atoms with Crippen molar-refractivity contribution in [3.63, 3.8) is 0 Å². The fourth-order valence-electron chi connectivity index (χ4n) is 2.91. The second-order valence-electron chi connectivity index (χ2n) is 6.45. The van der Waals surface area contributed by atoms with E-state index >= 15 is 0 Å². The number of carbonyl (C=O) groups is 2. The highest BCUT2D eigenvalue weighted by Crippen LogP contribution is 2.24. The highest BCUT2D eigenvalue weighted by molar-refractivity contribution is 6.21. The smallest absolute Gasteiger partial charge is 0.261 e. The molecule has 0 fully saturated rings. The number of rotatable bonds is 12. The number of fused-ring (bicyclic) bond motifs is 1. The number of hydrogen-bond donors (Lipinski definition) is 0. The number of ether oxygens (including phenoxy) is 2. The summed E-state index contributed by atoms with van der Waals surface area (Å²) in [5.74, 6) is -0.544. The molecular weight excluding hydrogens is 330 g/mol. The SMILES string of the molecule is C=C[C@@H](OCCCC)[C@H](CN1C(=O)c2ccccc2C1=O)OCCCC. The molecule has 0 aliphatic carbocycles. The Morgan fingerprint density at radius 1 is 1.00 bits per heavy atom. The molecule has 5 nitrogen and oxygen atoms in total.